The number of nitrogens with one attached hydrogen (secondary N) is 1. The lowest BCUT2D eigenvalue weighted by Crippen LogP contribution is -2.16. The number of hydrogen-bond acceptors (Lipinski definition) is 3. The lowest BCUT2D eigenvalue weighted by Gasteiger charge is -2.13. The minimum Gasteiger partial charge on any atom is -0.397 e. The summed E-state index contributed by atoms with van der Waals surface area (Å²) in [5.41, 5.74) is 6.75. The predicted octanol–water partition coefficient (Wildman–Crippen LogP) is 3.43. The molecular formula is C13H18ClFN2O. The number of anilines is 2. The topological polar surface area (TPSA) is 47.3 Å². The average Bonchev–Trinajstić information content (AvgIpc) is 2.84. The fourth-order valence-electron chi connectivity index (χ4n) is 2.18. The highest BCUT2D eigenvalue weighted by Crippen LogP contribution is 2.26. The first-order valence-electron chi connectivity index (χ1n) is 6.27. The van der Waals surface area contributed by atoms with Crippen molar-refractivity contribution in [3.05, 3.63) is 23.0 Å². The van der Waals surface area contributed by atoms with Gasteiger partial charge in [0.05, 0.1) is 29.1 Å². The van der Waals surface area contributed by atoms with E-state index in [0.717, 1.165) is 12.8 Å². The smallest absolute Gasteiger partial charge is 0.143 e. The van der Waals surface area contributed by atoms with Crippen LogP contribution in [0.1, 0.15) is 25.7 Å². The summed E-state index contributed by atoms with van der Waals surface area (Å²) < 4.78 is 19.0. The summed E-state index contributed by atoms with van der Waals surface area (Å²) in [4.78, 5) is 0. The third-order valence-electron chi connectivity index (χ3n) is 3.17. The number of benzene rings is 1. The van der Waals surface area contributed by atoms with E-state index in [9.17, 15) is 4.39 Å². The number of nitrogen functional groups attached to an aromatic ring is 1. The van der Waals surface area contributed by atoms with Crippen molar-refractivity contribution < 1.29 is 9.13 Å². The van der Waals surface area contributed by atoms with Gasteiger partial charge >= 0.3 is 0 Å². The molecule has 0 radical (unpaired) electrons. The molecule has 0 heterocycles. The quantitative estimate of drug-likeness (QED) is 0.638. The maximum absolute atomic E-state index is 13.3. The fraction of sp³-hybridized carbons (Fsp3) is 0.538. The molecule has 0 saturated heterocycles. The van der Waals surface area contributed by atoms with E-state index in [-0.39, 0.29) is 5.02 Å². The fourth-order valence-corrected chi connectivity index (χ4v) is 2.35. The molecule has 100 valence electrons. The molecule has 2 rings (SSSR count). The molecule has 1 aliphatic rings. The SMILES string of the molecule is Nc1cc(Cl)c(F)cc1NCCOC1CCCC1. The normalized spacial score (nSPS) is 16.1. The highest BCUT2D eigenvalue weighted by Gasteiger charge is 2.14. The Balaban J connectivity index is 1.77. The van der Waals surface area contributed by atoms with Crippen LogP contribution in [-0.4, -0.2) is 19.3 Å². The Morgan fingerprint density at radius 3 is 2.83 bits per heavy atom. The summed E-state index contributed by atoms with van der Waals surface area (Å²) in [5.74, 6) is -0.468. The molecule has 1 aliphatic carbocycles. The summed E-state index contributed by atoms with van der Waals surface area (Å²) in [6.45, 7) is 1.22. The Kier molecular flexibility index (Phi) is 4.66. The van der Waals surface area contributed by atoms with Gasteiger partial charge in [0.15, 0.2) is 0 Å². The summed E-state index contributed by atoms with van der Waals surface area (Å²) in [6.07, 6.45) is 5.21. The molecule has 1 saturated carbocycles. The van der Waals surface area contributed by atoms with Gasteiger partial charge in [-0.1, -0.05) is 24.4 Å². The molecule has 0 aromatic heterocycles. The van der Waals surface area contributed by atoms with Crippen LogP contribution < -0.4 is 11.1 Å². The lowest BCUT2D eigenvalue weighted by atomic mass is 10.2. The van der Waals surface area contributed by atoms with Crippen molar-refractivity contribution in [2.45, 2.75) is 31.8 Å². The Labute approximate surface area is 111 Å². The van der Waals surface area contributed by atoms with Gasteiger partial charge in [0.2, 0.25) is 0 Å². The third kappa shape index (κ3) is 3.50. The number of rotatable bonds is 5. The predicted molar refractivity (Wildman–Crippen MR) is 72.5 cm³/mol. The lowest BCUT2D eigenvalue weighted by molar-refractivity contribution is 0.0659. The zero-order valence-electron chi connectivity index (χ0n) is 10.2. The van der Waals surface area contributed by atoms with Crippen LogP contribution in [0.3, 0.4) is 0 Å². The molecule has 3 nitrogen and oxygen atoms in total. The maximum atomic E-state index is 13.3. The standard InChI is InChI=1S/C13H18ClFN2O/c14-10-7-12(16)13(8-11(10)15)17-5-6-18-9-3-1-2-4-9/h7-9,17H,1-6,16H2. The van der Waals surface area contributed by atoms with Crippen molar-refractivity contribution in [1.29, 1.82) is 0 Å². The molecule has 5 heteroatoms. The largest absolute Gasteiger partial charge is 0.397 e. The molecule has 0 bridgehead atoms. The molecule has 0 amide bonds. The van der Waals surface area contributed by atoms with Gasteiger partial charge in [-0.2, -0.15) is 0 Å². The van der Waals surface area contributed by atoms with E-state index in [4.69, 9.17) is 22.1 Å². The van der Waals surface area contributed by atoms with Crippen LogP contribution in [0, 0.1) is 5.82 Å². The van der Waals surface area contributed by atoms with Gasteiger partial charge in [-0.15, -0.1) is 0 Å². The van der Waals surface area contributed by atoms with Crippen LogP contribution in [0.25, 0.3) is 0 Å². The molecule has 0 spiro atoms. The second kappa shape index (κ2) is 6.25. The second-order valence-electron chi connectivity index (χ2n) is 4.56. The first kappa shape index (κ1) is 13.4. The second-order valence-corrected chi connectivity index (χ2v) is 4.96. The van der Waals surface area contributed by atoms with Gasteiger partial charge in [-0.05, 0) is 18.9 Å². The number of halogens is 2. The Morgan fingerprint density at radius 1 is 1.39 bits per heavy atom. The number of nitrogens with two attached hydrogens (primary N) is 1. The highest BCUT2D eigenvalue weighted by molar-refractivity contribution is 6.31. The molecule has 0 aliphatic heterocycles. The minimum atomic E-state index is -0.468. The van der Waals surface area contributed by atoms with Crippen molar-refractivity contribution in [3.63, 3.8) is 0 Å². The average molecular weight is 273 g/mol. The van der Waals surface area contributed by atoms with E-state index >= 15 is 0 Å². The van der Waals surface area contributed by atoms with Gasteiger partial charge in [0.25, 0.3) is 0 Å². The molecule has 3 N–H and O–H groups in total. The van der Waals surface area contributed by atoms with E-state index in [0.29, 0.717) is 30.6 Å². The first-order chi connectivity index (χ1) is 8.66. The van der Waals surface area contributed by atoms with Crippen molar-refractivity contribution in [1.82, 2.24) is 0 Å². The molecular weight excluding hydrogens is 255 g/mol. The third-order valence-corrected chi connectivity index (χ3v) is 3.46. The van der Waals surface area contributed by atoms with E-state index in [2.05, 4.69) is 5.32 Å². The zero-order chi connectivity index (χ0) is 13.0. The van der Waals surface area contributed by atoms with Crippen molar-refractivity contribution in [2.24, 2.45) is 0 Å². The summed E-state index contributed by atoms with van der Waals surface area (Å²) in [5, 5.41) is 3.10. The summed E-state index contributed by atoms with van der Waals surface area (Å²) >= 11 is 5.63. The van der Waals surface area contributed by atoms with E-state index in [1.54, 1.807) is 0 Å². The van der Waals surface area contributed by atoms with Gasteiger partial charge < -0.3 is 15.8 Å². The molecule has 1 aromatic carbocycles. The summed E-state index contributed by atoms with van der Waals surface area (Å²) in [6, 6.07) is 2.73. The Bertz CT molecular complexity index is 408. The van der Waals surface area contributed by atoms with Crippen molar-refractivity contribution in [3.8, 4) is 0 Å². The van der Waals surface area contributed by atoms with E-state index in [1.165, 1.54) is 25.0 Å². The first-order valence-corrected chi connectivity index (χ1v) is 6.64. The van der Waals surface area contributed by atoms with E-state index < -0.39 is 5.82 Å². The van der Waals surface area contributed by atoms with E-state index in [1.807, 2.05) is 0 Å². The monoisotopic (exact) mass is 272 g/mol. The number of hydrogen-bond donors (Lipinski definition) is 2. The molecule has 0 unspecified atom stereocenters. The van der Waals surface area contributed by atoms with Crippen LogP contribution in [0.4, 0.5) is 15.8 Å². The molecule has 1 aromatic rings. The summed E-state index contributed by atoms with van der Waals surface area (Å²) in [7, 11) is 0. The Hall–Kier alpha value is -1.00. The molecule has 1 fully saturated rings. The van der Waals surface area contributed by atoms with Gasteiger partial charge in [-0.25, -0.2) is 4.39 Å². The van der Waals surface area contributed by atoms with Crippen LogP contribution >= 0.6 is 11.6 Å². The molecule has 0 atom stereocenters. The van der Waals surface area contributed by atoms with Gasteiger partial charge in [-0.3, -0.25) is 0 Å². The van der Waals surface area contributed by atoms with Crippen LogP contribution in [0.2, 0.25) is 5.02 Å². The maximum Gasteiger partial charge on any atom is 0.143 e. The highest BCUT2D eigenvalue weighted by atomic mass is 35.5. The zero-order valence-corrected chi connectivity index (χ0v) is 11.0. The van der Waals surface area contributed by atoms with Crippen LogP contribution in [0.5, 0.6) is 0 Å². The number of ether oxygens (including phenoxy) is 1. The van der Waals surface area contributed by atoms with Crippen LogP contribution in [-0.2, 0) is 4.74 Å². The van der Waals surface area contributed by atoms with Crippen molar-refractivity contribution in [2.75, 3.05) is 24.2 Å². The van der Waals surface area contributed by atoms with Gasteiger partial charge in [0, 0.05) is 12.6 Å². The van der Waals surface area contributed by atoms with Crippen molar-refractivity contribution >= 4 is 23.0 Å². The minimum absolute atomic E-state index is 0.0419. The van der Waals surface area contributed by atoms with Gasteiger partial charge in [0.1, 0.15) is 5.82 Å². The van der Waals surface area contributed by atoms with Crippen LogP contribution in [0.15, 0.2) is 12.1 Å². The molecule has 18 heavy (non-hydrogen) atoms. The Morgan fingerprint density at radius 2 is 2.11 bits per heavy atom.